The van der Waals surface area contributed by atoms with Crippen molar-refractivity contribution in [3.05, 3.63) is 70.6 Å². The second kappa shape index (κ2) is 5.66. The smallest absolute Gasteiger partial charge is 0.132 e. The summed E-state index contributed by atoms with van der Waals surface area (Å²) in [5.41, 5.74) is 3.27. The predicted molar refractivity (Wildman–Crippen MR) is 85.6 cm³/mol. The number of pyridine rings is 2. The molecule has 0 atom stereocenters. The molecule has 0 aliphatic rings. The molecule has 20 heavy (non-hydrogen) atoms. The van der Waals surface area contributed by atoms with Crippen LogP contribution >= 0.6 is 22.6 Å². The van der Waals surface area contributed by atoms with Gasteiger partial charge in [-0.25, -0.2) is 4.39 Å². The van der Waals surface area contributed by atoms with E-state index < -0.39 is 0 Å². The molecule has 0 N–H and O–H groups in total. The fraction of sp³-hybridized carbons (Fsp3) is 0. The Labute approximate surface area is 129 Å². The third-order valence-electron chi connectivity index (χ3n) is 3.00. The van der Waals surface area contributed by atoms with Crippen LogP contribution in [0.15, 0.2) is 61.2 Å². The second-order valence-electron chi connectivity index (χ2n) is 4.30. The molecule has 4 heteroatoms. The molecule has 0 radical (unpaired) electrons. The Bertz CT molecular complexity index is 669. The zero-order valence-corrected chi connectivity index (χ0v) is 12.6. The Morgan fingerprint density at radius 2 is 1.45 bits per heavy atom. The first-order valence-electron chi connectivity index (χ1n) is 6.05. The van der Waals surface area contributed by atoms with Crippen LogP contribution in [0.4, 0.5) is 4.39 Å². The Balaban J connectivity index is 2.19. The van der Waals surface area contributed by atoms with E-state index in [0.29, 0.717) is 5.56 Å². The molecule has 0 fully saturated rings. The van der Waals surface area contributed by atoms with Gasteiger partial charge in [0.1, 0.15) is 5.82 Å². The molecule has 3 rings (SSSR count). The standard InChI is InChI=1S/C16H10FIN2/c17-15-8-16(18)14(12-4-2-6-20-10-12)7-13(15)11-3-1-5-19-9-11/h1-10H. The maximum Gasteiger partial charge on any atom is 0.132 e. The monoisotopic (exact) mass is 376 g/mol. The van der Waals surface area contributed by atoms with Crippen molar-refractivity contribution in [1.29, 1.82) is 0 Å². The predicted octanol–water partition coefficient (Wildman–Crippen LogP) is 4.55. The summed E-state index contributed by atoms with van der Waals surface area (Å²) in [6, 6.07) is 10.9. The van der Waals surface area contributed by atoms with Gasteiger partial charge in [0.05, 0.1) is 0 Å². The third kappa shape index (κ3) is 2.56. The van der Waals surface area contributed by atoms with Crippen LogP contribution in [0.5, 0.6) is 0 Å². The lowest BCUT2D eigenvalue weighted by Crippen LogP contribution is -1.91. The van der Waals surface area contributed by atoms with E-state index in [-0.39, 0.29) is 5.82 Å². The van der Waals surface area contributed by atoms with Gasteiger partial charge in [-0.05, 0) is 52.4 Å². The zero-order chi connectivity index (χ0) is 13.9. The van der Waals surface area contributed by atoms with Gasteiger partial charge in [0.2, 0.25) is 0 Å². The van der Waals surface area contributed by atoms with Crippen molar-refractivity contribution >= 4 is 22.6 Å². The highest BCUT2D eigenvalue weighted by molar-refractivity contribution is 14.1. The van der Waals surface area contributed by atoms with Crippen LogP contribution in [-0.2, 0) is 0 Å². The minimum Gasteiger partial charge on any atom is -0.264 e. The molecule has 98 valence electrons. The number of nitrogens with zero attached hydrogens (tertiary/aromatic N) is 2. The summed E-state index contributed by atoms with van der Waals surface area (Å²) < 4.78 is 15.0. The van der Waals surface area contributed by atoms with E-state index in [1.165, 1.54) is 0 Å². The summed E-state index contributed by atoms with van der Waals surface area (Å²) >= 11 is 2.14. The van der Waals surface area contributed by atoms with E-state index in [4.69, 9.17) is 0 Å². The minimum atomic E-state index is -0.241. The van der Waals surface area contributed by atoms with Crippen LogP contribution < -0.4 is 0 Å². The summed E-state index contributed by atoms with van der Waals surface area (Å²) in [6.45, 7) is 0. The Kier molecular flexibility index (Phi) is 3.73. The van der Waals surface area contributed by atoms with Crippen LogP contribution in [0.25, 0.3) is 22.3 Å². The van der Waals surface area contributed by atoms with Gasteiger partial charge in [-0.3, -0.25) is 9.97 Å². The van der Waals surface area contributed by atoms with E-state index in [1.807, 2.05) is 24.3 Å². The van der Waals surface area contributed by atoms with E-state index in [9.17, 15) is 4.39 Å². The van der Waals surface area contributed by atoms with Gasteiger partial charge in [-0.15, -0.1) is 0 Å². The van der Waals surface area contributed by atoms with Crippen LogP contribution in [-0.4, -0.2) is 9.97 Å². The summed E-state index contributed by atoms with van der Waals surface area (Å²) in [6.07, 6.45) is 6.85. The first-order valence-corrected chi connectivity index (χ1v) is 7.13. The zero-order valence-electron chi connectivity index (χ0n) is 10.4. The van der Waals surface area contributed by atoms with Crippen molar-refractivity contribution in [2.75, 3.05) is 0 Å². The van der Waals surface area contributed by atoms with Gasteiger partial charge in [0.25, 0.3) is 0 Å². The average molecular weight is 376 g/mol. The number of hydrogen-bond donors (Lipinski definition) is 0. The van der Waals surface area contributed by atoms with E-state index in [1.54, 1.807) is 36.9 Å². The molecule has 1 aromatic carbocycles. The molecule has 0 saturated heterocycles. The maximum atomic E-state index is 14.2. The lowest BCUT2D eigenvalue weighted by atomic mass is 10.0. The van der Waals surface area contributed by atoms with E-state index in [2.05, 4.69) is 32.6 Å². The second-order valence-corrected chi connectivity index (χ2v) is 5.46. The summed E-state index contributed by atoms with van der Waals surface area (Å²) in [4.78, 5) is 8.16. The van der Waals surface area contributed by atoms with Crippen molar-refractivity contribution in [2.24, 2.45) is 0 Å². The van der Waals surface area contributed by atoms with Crippen molar-refractivity contribution < 1.29 is 4.39 Å². The SMILES string of the molecule is Fc1cc(I)c(-c2cccnc2)cc1-c1cccnc1. The Morgan fingerprint density at radius 1 is 0.850 bits per heavy atom. The highest BCUT2D eigenvalue weighted by atomic mass is 127. The molecular weight excluding hydrogens is 366 g/mol. The van der Waals surface area contributed by atoms with Gasteiger partial charge >= 0.3 is 0 Å². The normalized spacial score (nSPS) is 10.5. The molecule has 0 aliphatic carbocycles. The molecule has 3 aromatic rings. The molecule has 0 aliphatic heterocycles. The summed E-state index contributed by atoms with van der Waals surface area (Å²) in [5.74, 6) is -0.241. The topological polar surface area (TPSA) is 25.8 Å². The lowest BCUT2D eigenvalue weighted by Gasteiger charge is -2.09. The molecule has 2 aromatic heterocycles. The lowest BCUT2D eigenvalue weighted by molar-refractivity contribution is 0.630. The molecule has 2 heterocycles. The number of halogens is 2. The number of hydrogen-bond acceptors (Lipinski definition) is 2. The van der Waals surface area contributed by atoms with Gasteiger partial charge in [-0.1, -0.05) is 12.1 Å². The first-order chi connectivity index (χ1) is 9.75. The van der Waals surface area contributed by atoms with Crippen LogP contribution in [0.1, 0.15) is 0 Å². The van der Waals surface area contributed by atoms with Gasteiger partial charge in [0.15, 0.2) is 0 Å². The number of rotatable bonds is 2. The number of benzene rings is 1. The highest BCUT2D eigenvalue weighted by Gasteiger charge is 2.11. The minimum absolute atomic E-state index is 0.241. The fourth-order valence-electron chi connectivity index (χ4n) is 2.04. The molecule has 0 amide bonds. The van der Waals surface area contributed by atoms with Crippen molar-refractivity contribution in [1.82, 2.24) is 9.97 Å². The fourth-order valence-corrected chi connectivity index (χ4v) is 2.78. The number of aromatic nitrogens is 2. The molecule has 2 nitrogen and oxygen atoms in total. The molecule has 0 unspecified atom stereocenters. The molecular formula is C16H10FIN2. The maximum absolute atomic E-state index is 14.2. The van der Waals surface area contributed by atoms with Gasteiger partial charge in [-0.2, -0.15) is 0 Å². The van der Waals surface area contributed by atoms with Gasteiger partial charge < -0.3 is 0 Å². The highest BCUT2D eigenvalue weighted by Crippen LogP contribution is 2.32. The molecule has 0 saturated carbocycles. The Morgan fingerprint density at radius 3 is 2.00 bits per heavy atom. The van der Waals surface area contributed by atoms with Crippen LogP contribution in [0, 0.1) is 9.39 Å². The Hall–Kier alpha value is -1.82. The summed E-state index contributed by atoms with van der Waals surface area (Å²) in [7, 11) is 0. The first kappa shape index (κ1) is 13.2. The van der Waals surface area contributed by atoms with Crippen molar-refractivity contribution in [3.8, 4) is 22.3 Å². The summed E-state index contributed by atoms with van der Waals surface area (Å²) in [5, 5.41) is 0. The van der Waals surface area contributed by atoms with Crippen LogP contribution in [0.3, 0.4) is 0 Å². The largest absolute Gasteiger partial charge is 0.264 e. The van der Waals surface area contributed by atoms with Crippen molar-refractivity contribution in [3.63, 3.8) is 0 Å². The van der Waals surface area contributed by atoms with Crippen molar-refractivity contribution in [2.45, 2.75) is 0 Å². The van der Waals surface area contributed by atoms with Gasteiger partial charge in [0, 0.05) is 45.0 Å². The molecule has 0 spiro atoms. The average Bonchev–Trinajstić information content (AvgIpc) is 2.49. The van der Waals surface area contributed by atoms with E-state index in [0.717, 1.165) is 20.3 Å². The van der Waals surface area contributed by atoms with E-state index >= 15 is 0 Å². The molecule has 0 bridgehead atoms. The quantitative estimate of drug-likeness (QED) is 0.613. The third-order valence-corrected chi connectivity index (χ3v) is 3.89. The van der Waals surface area contributed by atoms with Crippen LogP contribution in [0.2, 0.25) is 0 Å².